The minimum absolute atomic E-state index is 0.147. The molecule has 94 valence electrons. The largest absolute Gasteiger partial charge is 0.490 e. The maximum absolute atomic E-state index is 9.20. The summed E-state index contributed by atoms with van der Waals surface area (Å²) >= 11 is 0. The fraction of sp³-hybridized carbons (Fsp3) is 0.571. The Balaban J connectivity index is 2.08. The van der Waals surface area contributed by atoms with Crippen molar-refractivity contribution in [2.24, 2.45) is 0 Å². The van der Waals surface area contributed by atoms with E-state index in [9.17, 15) is 5.11 Å². The predicted octanol–water partition coefficient (Wildman–Crippen LogP) is 2.55. The van der Waals surface area contributed by atoms with Crippen molar-refractivity contribution in [3.8, 4) is 11.5 Å². The van der Waals surface area contributed by atoms with Gasteiger partial charge in [-0.3, -0.25) is 0 Å². The van der Waals surface area contributed by atoms with Crippen molar-refractivity contribution in [2.75, 3.05) is 6.61 Å². The molecule has 0 saturated carbocycles. The molecule has 0 saturated heterocycles. The number of ether oxygens (including phenoxy) is 2. The van der Waals surface area contributed by atoms with Gasteiger partial charge in [-0.15, -0.1) is 0 Å². The molecule has 1 aromatic carbocycles. The molecule has 1 aliphatic rings. The van der Waals surface area contributed by atoms with Crippen molar-refractivity contribution in [2.45, 2.75) is 45.3 Å². The second-order valence-electron chi connectivity index (χ2n) is 5.27. The number of hydrogen-bond acceptors (Lipinski definition) is 3. The first-order valence-electron chi connectivity index (χ1n) is 6.10. The normalized spacial score (nSPS) is 18.4. The van der Waals surface area contributed by atoms with Crippen LogP contribution in [-0.4, -0.2) is 23.4 Å². The van der Waals surface area contributed by atoms with Gasteiger partial charge in [-0.05, 0) is 26.8 Å². The second-order valence-corrected chi connectivity index (χ2v) is 5.27. The van der Waals surface area contributed by atoms with Gasteiger partial charge in [0.25, 0.3) is 0 Å². The first-order valence-corrected chi connectivity index (χ1v) is 6.10. The molecule has 0 radical (unpaired) electrons. The molecule has 0 spiro atoms. The van der Waals surface area contributed by atoms with Crippen molar-refractivity contribution in [1.29, 1.82) is 0 Å². The summed E-state index contributed by atoms with van der Waals surface area (Å²) in [6.45, 7) is 6.43. The van der Waals surface area contributed by atoms with E-state index in [1.54, 1.807) is 6.92 Å². The van der Waals surface area contributed by atoms with Crippen LogP contribution in [0, 0.1) is 0 Å². The number of hydrogen-bond donors (Lipinski definition) is 1. The Morgan fingerprint density at radius 3 is 2.94 bits per heavy atom. The summed E-state index contributed by atoms with van der Waals surface area (Å²) in [7, 11) is 0. The highest BCUT2D eigenvalue weighted by Gasteiger charge is 2.32. The Labute approximate surface area is 102 Å². The zero-order chi connectivity index (χ0) is 12.5. The molecule has 1 unspecified atom stereocenters. The van der Waals surface area contributed by atoms with E-state index in [1.165, 1.54) is 5.56 Å². The molecule has 3 heteroatoms. The van der Waals surface area contributed by atoms with E-state index in [0.717, 1.165) is 17.9 Å². The maximum Gasteiger partial charge on any atom is 0.165 e. The van der Waals surface area contributed by atoms with Crippen LogP contribution in [0.4, 0.5) is 0 Å². The molecule has 2 rings (SSSR count). The van der Waals surface area contributed by atoms with Crippen LogP contribution in [-0.2, 0) is 6.42 Å². The van der Waals surface area contributed by atoms with Crippen molar-refractivity contribution in [3.63, 3.8) is 0 Å². The zero-order valence-electron chi connectivity index (χ0n) is 10.7. The number of aliphatic hydroxyl groups excluding tert-OH is 1. The van der Waals surface area contributed by atoms with Crippen LogP contribution in [0.5, 0.6) is 11.5 Å². The Bertz CT molecular complexity index is 396. The van der Waals surface area contributed by atoms with Crippen LogP contribution in [0.3, 0.4) is 0 Å². The molecule has 0 bridgehead atoms. The monoisotopic (exact) mass is 236 g/mol. The van der Waals surface area contributed by atoms with Gasteiger partial charge in [0, 0.05) is 18.4 Å². The van der Waals surface area contributed by atoms with E-state index in [2.05, 4.69) is 19.9 Å². The lowest BCUT2D eigenvalue weighted by molar-refractivity contribution is 0.126. The average Bonchev–Trinajstić information content (AvgIpc) is 2.52. The Kier molecular flexibility index (Phi) is 3.29. The molecule has 0 aromatic heterocycles. The van der Waals surface area contributed by atoms with Gasteiger partial charge in [0.05, 0.1) is 12.7 Å². The number of fused-ring (bicyclic) bond motifs is 1. The molecule has 0 aliphatic carbocycles. The summed E-state index contributed by atoms with van der Waals surface area (Å²) in [5.74, 6) is 1.65. The lowest BCUT2D eigenvalue weighted by Crippen LogP contribution is -2.24. The van der Waals surface area contributed by atoms with Crippen LogP contribution in [0.25, 0.3) is 0 Å². The zero-order valence-corrected chi connectivity index (χ0v) is 10.7. The summed E-state index contributed by atoms with van der Waals surface area (Å²) in [4.78, 5) is 0. The lowest BCUT2D eigenvalue weighted by atomic mass is 10.0. The third-order valence-electron chi connectivity index (χ3n) is 2.85. The molecule has 1 heterocycles. The van der Waals surface area contributed by atoms with Gasteiger partial charge in [0.15, 0.2) is 11.5 Å². The van der Waals surface area contributed by atoms with Gasteiger partial charge in [0.1, 0.15) is 5.60 Å². The molecular formula is C14H20O3. The van der Waals surface area contributed by atoms with Crippen molar-refractivity contribution in [1.82, 2.24) is 0 Å². The Morgan fingerprint density at radius 1 is 1.47 bits per heavy atom. The smallest absolute Gasteiger partial charge is 0.165 e. The third-order valence-corrected chi connectivity index (χ3v) is 2.85. The van der Waals surface area contributed by atoms with Crippen LogP contribution in [0.2, 0.25) is 0 Å². The Hall–Kier alpha value is -1.22. The highest BCUT2D eigenvalue weighted by atomic mass is 16.5. The van der Waals surface area contributed by atoms with E-state index in [0.29, 0.717) is 13.0 Å². The molecule has 1 aromatic rings. The molecule has 0 fully saturated rings. The minimum Gasteiger partial charge on any atom is -0.490 e. The quantitative estimate of drug-likeness (QED) is 0.873. The van der Waals surface area contributed by atoms with Crippen molar-refractivity contribution in [3.05, 3.63) is 23.8 Å². The Morgan fingerprint density at radius 2 is 2.24 bits per heavy atom. The summed E-state index contributed by atoms with van der Waals surface area (Å²) in [6.07, 6.45) is 1.22. The van der Waals surface area contributed by atoms with Gasteiger partial charge < -0.3 is 14.6 Å². The fourth-order valence-corrected chi connectivity index (χ4v) is 2.04. The molecule has 0 amide bonds. The van der Waals surface area contributed by atoms with E-state index < -0.39 is 0 Å². The molecular weight excluding hydrogens is 216 g/mol. The lowest BCUT2D eigenvalue weighted by Gasteiger charge is -2.18. The highest BCUT2D eigenvalue weighted by Crippen LogP contribution is 2.41. The van der Waals surface area contributed by atoms with Gasteiger partial charge in [0.2, 0.25) is 0 Å². The molecule has 17 heavy (non-hydrogen) atoms. The van der Waals surface area contributed by atoms with Gasteiger partial charge in [-0.2, -0.15) is 0 Å². The van der Waals surface area contributed by atoms with Crippen LogP contribution in [0.15, 0.2) is 18.2 Å². The van der Waals surface area contributed by atoms with Crippen LogP contribution in [0.1, 0.15) is 32.8 Å². The number of benzene rings is 1. The third kappa shape index (κ3) is 2.91. The molecule has 1 aliphatic heterocycles. The van der Waals surface area contributed by atoms with Gasteiger partial charge >= 0.3 is 0 Å². The minimum atomic E-state index is -0.330. The number of rotatable bonds is 4. The van der Waals surface area contributed by atoms with E-state index in [-0.39, 0.29) is 11.7 Å². The van der Waals surface area contributed by atoms with Crippen molar-refractivity contribution < 1.29 is 14.6 Å². The SMILES string of the molecule is CC(O)CCOc1cccc2c1OC(C)(C)C2. The number of para-hydroxylation sites is 1. The van der Waals surface area contributed by atoms with Gasteiger partial charge in [-0.1, -0.05) is 12.1 Å². The summed E-state index contributed by atoms with van der Waals surface area (Å²) in [5.41, 5.74) is 1.05. The first kappa shape index (κ1) is 12.2. The van der Waals surface area contributed by atoms with Crippen LogP contribution < -0.4 is 9.47 Å². The summed E-state index contributed by atoms with van der Waals surface area (Å²) in [5, 5.41) is 9.20. The predicted molar refractivity (Wildman–Crippen MR) is 66.6 cm³/mol. The van der Waals surface area contributed by atoms with E-state index in [1.807, 2.05) is 12.1 Å². The van der Waals surface area contributed by atoms with Crippen molar-refractivity contribution >= 4 is 0 Å². The summed E-state index contributed by atoms with van der Waals surface area (Å²) in [6, 6.07) is 5.98. The fourth-order valence-electron chi connectivity index (χ4n) is 2.04. The summed E-state index contributed by atoms with van der Waals surface area (Å²) < 4.78 is 11.6. The first-order chi connectivity index (χ1) is 7.98. The maximum atomic E-state index is 9.20. The van der Waals surface area contributed by atoms with Gasteiger partial charge in [-0.25, -0.2) is 0 Å². The topological polar surface area (TPSA) is 38.7 Å². The van der Waals surface area contributed by atoms with E-state index in [4.69, 9.17) is 9.47 Å². The standard InChI is InChI=1S/C14H20O3/c1-10(15)7-8-16-12-6-4-5-11-9-14(2,3)17-13(11)12/h4-6,10,15H,7-9H2,1-3H3. The second kappa shape index (κ2) is 4.57. The van der Waals surface area contributed by atoms with Crippen LogP contribution >= 0.6 is 0 Å². The average molecular weight is 236 g/mol. The highest BCUT2D eigenvalue weighted by molar-refractivity contribution is 5.50. The number of aliphatic hydroxyl groups is 1. The molecule has 1 atom stereocenters. The van der Waals surface area contributed by atoms with E-state index >= 15 is 0 Å². The molecule has 1 N–H and O–H groups in total. The molecule has 3 nitrogen and oxygen atoms in total.